The van der Waals surface area contributed by atoms with Crippen LogP contribution in [-0.2, 0) is 32.7 Å². The number of esters is 1. The van der Waals surface area contributed by atoms with Crippen LogP contribution in [0.5, 0.6) is 0 Å². The first-order valence-electron chi connectivity index (χ1n) is 11.8. The highest BCUT2D eigenvalue weighted by Gasteiger charge is 2.39. The van der Waals surface area contributed by atoms with Gasteiger partial charge in [-0.2, -0.15) is 5.09 Å². The first-order chi connectivity index (χ1) is 17.8. The minimum absolute atomic E-state index is 0.110. The van der Waals surface area contributed by atoms with Crippen molar-refractivity contribution in [2.24, 2.45) is 5.92 Å². The summed E-state index contributed by atoms with van der Waals surface area (Å²) in [4.78, 5) is 49.6. The molecule has 1 aromatic heterocycles. The van der Waals surface area contributed by atoms with Crippen molar-refractivity contribution in [1.82, 2.24) is 14.6 Å². The van der Waals surface area contributed by atoms with Crippen molar-refractivity contribution in [3.63, 3.8) is 0 Å². The third-order valence-corrected chi connectivity index (χ3v) is 7.80. The second-order valence-electron chi connectivity index (χ2n) is 8.83. The predicted molar refractivity (Wildman–Crippen MR) is 136 cm³/mol. The molecule has 1 aliphatic heterocycles. The maximum absolute atomic E-state index is 14.0. The molecule has 0 saturated carbocycles. The Balaban J connectivity index is 2.29. The van der Waals surface area contributed by atoms with Crippen molar-refractivity contribution in [1.29, 1.82) is 0 Å². The van der Waals surface area contributed by atoms with E-state index in [4.69, 9.17) is 18.5 Å². The number of aromatic nitrogens is 2. The molecule has 2 heterocycles. The number of aliphatic hydroxyl groups is 1. The van der Waals surface area contributed by atoms with Crippen LogP contribution in [0.2, 0.25) is 0 Å². The summed E-state index contributed by atoms with van der Waals surface area (Å²) >= 11 is 0.956. The van der Waals surface area contributed by atoms with E-state index in [0.717, 1.165) is 28.6 Å². The zero-order valence-electron chi connectivity index (χ0n) is 21.7. The van der Waals surface area contributed by atoms with Crippen LogP contribution in [0.4, 0.5) is 4.39 Å². The molecule has 3 N–H and O–H groups in total. The molecule has 2 rings (SSSR count). The number of aliphatic hydroxyl groups excluding tert-OH is 1. The van der Waals surface area contributed by atoms with Crippen LogP contribution in [0.15, 0.2) is 33.2 Å². The van der Waals surface area contributed by atoms with Crippen LogP contribution >= 0.6 is 19.5 Å². The average Bonchev–Trinajstić information content (AvgIpc) is 2.82. The summed E-state index contributed by atoms with van der Waals surface area (Å²) in [6.45, 7) is 6.02. The monoisotopic (exact) mass is 581 g/mol. The summed E-state index contributed by atoms with van der Waals surface area (Å²) < 4.78 is 50.0. The normalized spacial score (nSPS) is 20.3. The molecule has 13 nitrogen and oxygen atoms in total. The number of carbonyl (C=O) groups excluding carboxylic acids is 2. The SMILES string of the molecule is CC(C)OC(=O)C(C)NP(=O)(OCCSC(=O)C(C)C)OC1=C(CF)C(O)C(n2ccc(=O)[nH]c2=O)OC1. The fourth-order valence-corrected chi connectivity index (χ4v) is 5.48. The lowest BCUT2D eigenvalue weighted by molar-refractivity contribution is -0.149. The highest BCUT2D eigenvalue weighted by molar-refractivity contribution is 8.13. The Kier molecular flexibility index (Phi) is 11.9. The van der Waals surface area contributed by atoms with E-state index >= 15 is 0 Å². The van der Waals surface area contributed by atoms with E-state index in [1.165, 1.54) is 6.92 Å². The van der Waals surface area contributed by atoms with E-state index < -0.39 is 62.7 Å². The number of thioether (sulfide) groups is 1. The molecule has 0 fully saturated rings. The van der Waals surface area contributed by atoms with Gasteiger partial charge in [0.2, 0.25) is 0 Å². The smallest absolute Gasteiger partial charge is 0.459 e. The second-order valence-corrected chi connectivity index (χ2v) is 11.6. The van der Waals surface area contributed by atoms with Gasteiger partial charge in [-0.25, -0.2) is 13.8 Å². The molecule has 1 aliphatic rings. The van der Waals surface area contributed by atoms with E-state index in [-0.39, 0.29) is 34.7 Å². The fourth-order valence-electron chi connectivity index (χ4n) is 3.11. The van der Waals surface area contributed by atoms with Crippen LogP contribution in [-0.4, -0.2) is 69.6 Å². The molecule has 38 heavy (non-hydrogen) atoms. The van der Waals surface area contributed by atoms with Gasteiger partial charge in [-0.15, -0.1) is 0 Å². The molecular formula is C22H33FN3O10PS. The number of hydrogen-bond donors (Lipinski definition) is 3. The summed E-state index contributed by atoms with van der Waals surface area (Å²) in [6.07, 6.45) is -2.56. The zero-order valence-corrected chi connectivity index (χ0v) is 23.4. The first kappa shape index (κ1) is 31.9. The molecule has 0 amide bonds. The number of hydrogen-bond acceptors (Lipinski definition) is 11. The average molecular weight is 582 g/mol. The van der Waals surface area contributed by atoms with E-state index in [0.29, 0.717) is 0 Å². The fraction of sp³-hybridized carbons (Fsp3) is 0.636. The van der Waals surface area contributed by atoms with Gasteiger partial charge in [-0.3, -0.25) is 28.5 Å². The van der Waals surface area contributed by atoms with Gasteiger partial charge < -0.3 is 19.1 Å². The van der Waals surface area contributed by atoms with Gasteiger partial charge in [0.15, 0.2) is 11.3 Å². The number of rotatable bonds is 13. The third-order valence-electron chi connectivity index (χ3n) is 4.99. The standard InChI is InChI=1S/C22H33FN3O10PS/c1-12(2)21(30)38-9-8-34-37(32,25-14(5)20(29)35-13(3)4)36-16-11-33-19(18(28)15(16)10-23)26-7-6-17(27)24-22(26)31/h6-7,12-14,18-19,28H,8-11H2,1-5H3,(H,25,32)(H,24,27,31). The van der Waals surface area contributed by atoms with Crippen molar-refractivity contribution in [3.8, 4) is 0 Å². The van der Waals surface area contributed by atoms with Gasteiger partial charge in [-0.05, 0) is 20.8 Å². The van der Waals surface area contributed by atoms with Crippen molar-refractivity contribution in [2.45, 2.75) is 59.1 Å². The molecule has 0 aliphatic carbocycles. The summed E-state index contributed by atoms with van der Waals surface area (Å²) in [5, 5.41) is 13.0. The quantitative estimate of drug-likeness (QED) is 0.175. The third kappa shape index (κ3) is 8.89. The molecule has 0 bridgehead atoms. The highest BCUT2D eigenvalue weighted by Crippen LogP contribution is 2.48. The summed E-state index contributed by atoms with van der Waals surface area (Å²) in [7, 11) is -4.42. The van der Waals surface area contributed by atoms with Gasteiger partial charge in [-0.1, -0.05) is 25.6 Å². The lowest BCUT2D eigenvalue weighted by Gasteiger charge is -2.33. The number of ether oxygens (including phenoxy) is 2. The maximum atomic E-state index is 14.0. The number of carbonyl (C=O) groups is 2. The Hall–Kier alpha value is -2.29. The molecule has 1 aromatic rings. The van der Waals surface area contributed by atoms with E-state index in [1.807, 2.05) is 4.98 Å². The van der Waals surface area contributed by atoms with Crippen LogP contribution in [0.1, 0.15) is 40.8 Å². The molecule has 0 aromatic carbocycles. The Morgan fingerprint density at radius 1 is 1.32 bits per heavy atom. The van der Waals surface area contributed by atoms with Gasteiger partial charge in [0, 0.05) is 29.5 Å². The molecule has 0 spiro atoms. The Bertz CT molecular complexity index is 1180. The number of aromatic amines is 1. The number of nitrogens with zero attached hydrogens (tertiary/aromatic N) is 1. The highest BCUT2D eigenvalue weighted by atomic mass is 32.2. The van der Waals surface area contributed by atoms with Crippen LogP contribution < -0.4 is 16.3 Å². The van der Waals surface area contributed by atoms with Gasteiger partial charge >= 0.3 is 19.4 Å². The Morgan fingerprint density at radius 3 is 2.58 bits per heavy atom. The van der Waals surface area contributed by atoms with Crippen molar-refractivity contribution >= 4 is 30.6 Å². The molecule has 16 heteroatoms. The number of nitrogens with one attached hydrogen (secondary N) is 2. The van der Waals surface area contributed by atoms with Crippen molar-refractivity contribution < 1.29 is 42.2 Å². The maximum Gasteiger partial charge on any atom is 0.459 e. The van der Waals surface area contributed by atoms with E-state index in [1.54, 1.807) is 27.7 Å². The lowest BCUT2D eigenvalue weighted by atomic mass is 10.1. The van der Waals surface area contributed by atoms with Gasteiger partial charge in [0.05, 0.1) is 12.7 Å². The molecule has 4 unspecified atom stereocenters. The topological polar surface area (TPSA) is 175 Å². The van der Waals surface area contributed by atoms with Crippen LogP contribution in [0.3, 0.4) is 0 Å². The molecule has 214 valence electrons. The molecule has 4 atom stereocenters. The van der Waals surface area contributed by atoms with Gasteiger partial charge in [0.1, 0.15) is 31.2 Å². The molecular weight excluding hydrogens is 548 g/mol. The van der Waals surface area contributed by atoms with E-state index in [9.17, 15) is 33.2 Å². The second kappa shape index (κ2) is 14.2. The summed E-state index contributed by atoms with van der Waals surface area (Å²) in [5.41, 5.74) is -1.96. The number of halogens is 1. The molecule has 0 radical (unpaired) electrons. The minimum atomic E-state index is -4.42. The predicted octanol–water partition coefficient (Wildman–Crippen LogP) is 1.64. The minimum Gasteiger partial charge on any atom is -0.462 e. The lowest BCUT2D eigenvalue weighted by Crippen LogP contribution is -2.42. The largest absolute Gasteiger partial charge is 0.462 e. The van der Waals surface area contributed by atoms with Crippen molar-refractivity contribution in [2.75, 3.05) is 25.6 Å². The Labute approximate surface area is 222 Å². The zero-order chi connectivity index (χ0) is 28.6. The molecule has 0 saturated heterocycles. The van der Waals surface area contributed by atoms with Gasteiger partial charge in [0.25, 0.3) is 5.56 Å². The number of alkyl halides is 1. The first-order valence-corrected chi connectivity index (χ1v) is 14.3. The van der Waals surface area contributed by atoms with Crippen LogP contribution in [0.25, 0.3) is 0 Å². The van der Waals surface area contributed by atoms with Crippen LogP contribution in [0, 0.1) is 5.92 Å². The van der Waals surface area contributed by atoms with Crippen molar-refractivity contribution in [3.05, 3.63) is 44.4 Å². The summed E-state index contributed by atoms with van der Waals surface area (Å²) in [5.74, 6) is -1.25. The Morgan fingerprint density at radius 2 is 2.00 bits per heavy atom. The van der Waals surface area contributed by atoms with E-state index in [2.05, 4.69) is 5.09 Å². The number of H-pyrrole nitrogens is 1. The summed E-state index contributed by atoms with van der Waals surface area (Å²) in [6, 6.07) is -0.155.